The van der Waals surface area contributed by atoms with Crippen molar-refractivity contribution < 1.29 is 13.9 Å². The number of piperazine rings is 1. The van der Waals surface area contributed by atoms with Gasteiger partial charge >= 0.3 is 0 Å². The van der Waals surface area contributed by atoms with Crippen molar-refractivity contribution in [2.24, 2.45) is 0 Å². The maximum absolute atomic E-state index is 14.1. The molecule has 1 saturated heterocycles. The Hall–Kier alpha value is -1.04. The molecule has 2 rings (SSSR count). The SMILES string of the molecule is CC(C)(O)CCc1c(F)cc(CN2CCNCC2)cc1F. The van der Waals surface area contributed by atoms with Crippen molar-refractivity contribution in [1.29, 1.82) is 0 Å². The number of aliphatic hydroxyl groups is 1. The van der Waals surface area contributed by atoms with Crippen molar-refractivity contribution in [2.75, 3.05) is 26.2 Å². The van der Waals surface area contributed by atoms with Gasteiger partial charge in [0.1, 0.15) is 11.6 Å². The molecule has 1 aromatic rings. The van der Waals surface area contributed by atoms with E-state index in [0.717, 1.165) is 26.2 Å². The highest BCUT2D eigenvalue weighted by Gasteiger charge is 2.18. The Bertz CT molecular complexity index is 457. The van der Waals surface area contributed by atoms with Gasteiger partial charge in [0.15, 0.2) is 0 Å². The second-order valence-electron chi connectivity index (χ2n) is 6.38. The molecular weight excluding hydrogens is 274 g/mol. The van der Waals surface area contributed by atoms with Crippen molar-refractivity contribution in [3.05, 3.63) is 34.9 Å². The Morgan fingerprint density at radius 1 is 1.19 bits per heavy atom. The third kappa shape index (κ3) is 5.02. The fraction of sp³-hybridized carbons (Fsp3) is 0.625. The zero-order valence-corrected chi connectivity index (χ0v) is 12.8. The number of hydrogen-bond donors (Lipinski definition) is 2. The second kappa shape index (κ2) is 6.81. The first-order chi connectivity index (χ1) is 9.85. The van der Waals surface area contributed by atoms with E-state index in [-0.39, 0.29) is 12.0 Å². The van der Waals surface area contributed by atoms with Crippen molar-refractivity contribution in [2.45, 2.75) is 38.8 Å². The number of benzene rings is 1. The summed E-state index contributed by atoms with van der Waals surface area (Å²) in [5.41, 5.74) is -0.182. The van der Waals surface area contributed by atoms with E-state index in [9.17, 15) is 13.9 Å². The summed E-state index contributed by atoms with van der Waals surface area (Å²) in [5, 5.41) is 12.9. The smallest absolute Gasteiger partial charge is 0.129 e. The summed E-state index contributed by atoms with van der Waals surface area (Å²) in [6, 6.07) is 2.84. The summed E-state index contributed by atoms with van der Waals surface area (Å²) in [6.45, 7) is 7.46. The van der Waals surface area contributed by atoms with Gasteiger partial charge in [0.2, 0.25) is 0 Å². The van der Waals surface area contributed by atoms with Gasteiger partial charge in [-0.2, -0.15) is 0 Å². The van der Waals surface area contributed by atoms with Gasteiger partial charge in [0, 0.05) is 38.3 Å². The van der Waals surface area contributed by atoms with Gasteiger partial charge in [-0.15, -0.1) is 0 Å². The van der Waals surface area contributed by atoms with E-state index < -0.39 is 17.2 Å². The summed E-state index contributed by atoms with van der Waals surface area (Å²) in [4.78, 5) is 2.18. The molecular formula is C16H24F2N2O. The zero-order valence-electron chi connectivity index (χ0n) is 12.8. The van der Waals surface area contributed by atoms with Gasteiger partial charge < -0.3 is 10.4 Å². The van der Waals surface area contributed by atoms with Crippen molar-refractivity contribution in [3.63, 3.8) is 0 Å². The number of rotatable bonds is 5. The molecule has 118 valence electrons. The van der Waals surface area contributed by atoms with E-state index in [0.29, 0.717) is 18.5 Å². The van der Waals surface area contributed by atoms with E-state index in [1.54, 1.807) is 13.8 Å². The zero-order chi connectivity index (χ0) is 15.5. The molecule has 0 atom stereocenters. The third-order valence-electron chi connectivity index (χ3n) is 3.80. The van der Waals surface area contributed by atoms with Crippen LogP contribution in [0.1, 0.15) is 31.4 Å². The Morgan fingerprint density at radius 3 is 2.29 bits per heavy atom. The highest BCUT2D eigenvalue weighted by Crippen LogP contribution is 2.21. The van der Waals surface area contributed by atoms with Crippen LogP contribution in [0.5, 0.6) is 0 Å². The summed E-state index contributed by atoms with van der Waals surface area (Å²) in [7, 11) is 0. The van der Waals surface area contributed by atoms with Gasteiger partial charge in [-0.3, -0.25) is 4.90 Å². The molecule has 1 aromatic carbocycles. The van der Waals surface area contributed by atoms with E-state index in [1.807, 2.05) is 0 Å². The largest absolute Gasteiger partial charge is 0.390 e. The minimum Gasteiger partial charge on any atom is -0.390 e. The summed E-state index contributed by atoms with van der Waals surface area (Å²) < 4.78 is 28.2. The molecule has 0 aliphatic carbocycles. The van der Waals surface area contributed by atoms with E-state index in [1.165, 1.54) is 12.1 Å². The van der Waals surface area contributed by atoms with Crippen LogP contribution in [0, 0.1) is 11.6 Å². The lowest BCUT2D eigenvalue weighted by Gasteiger charge is -2.27. The number of nitrogens with zero attached hydrogens (tertiary/aromatic N) is 1. The molecule has 1 heterocycles. The molecule has 0 saturated carbocycles. The molecule has 1 fully saturated rings. The summed E-state index contributed by atoms with van der Waals surface area (Å²) >= 11 is 0. The number of halogens is 2. The number of nitrogens with one attached hydrogen (secondary N) is 1. The fourth-order valence-electron chi connectivity index (χ4n) is 2.54. The molecule has 5 heteroatoms. The highest BCUT2D eigenvalue weighted by molar-refractivity contribution is 5.26. The van der Waals surface area contributed by atoms with Crippen LogP contribution in [0.4, 0.5) is 8.78 Å². The molecule has 1 aliphatic heterocycles. The monoisotopic (exact) mass is 298 g/mol. The molecule has 0 spiro atoms. The van der Waals surface area contributed by atoms with Crippen LogP contribution in [-0.2, 0) is 13.0 Å². The first kappa shape index (κ1) is 16.3. The lowest BCUT2D eigenvalue weighted by molar-refractivity contribution is 0.0709. The molecule has 0 unspecified atom stereocenters. The van der Waals surface area contributed by atoms with Gasteiger partial charge in [-0.05, 0) is 44.4 Å². The van der Waals surface area contributed by atoms with Crippen LogP contribution >= 0.6 is 0 Å². The average molecular weight is 298 g/mol. The maximum Gasteiger partial charge on any atom is 0.129 e. The second-order valence-corrected chi connectivity index (χ2v) is 6.38. The normalized spacial score (nSPS) is 17.2. The van der Waals surface area contributed by atoms with Crippen molar-refractivity contribution >= 4 is 0 Å². The molecule has 0 amide bonds. The third-order valence-corrected chi connectivity index (χ3v) is 3.80. The predicted molar refractivity (Wildman–Crippen MR) is 79.1 cm³/mol. The summed E-state index contributed by atoms with van der Waals surface area (Å²) in [5.74, 6) is -1.02. The van der Waals surface area contributed by atoms with Gasteiger partial charge in [-0.1, -0.05) is 0 Å². The predicted octanol–water partition coefficient (Wildman–Crippen LogP) is 2.07. The van der Waals surface area contributed by atoms with Gasteiger partial charge in [-0.25, -0.2) is 8.78 Å². The van der Waals surface area contributed by atoms with E-state index >= 15 is 0 Å². The molecule has 1 aliphatic rings. The first-order valence-corrected chi connectivity index (χ1v) is 7.47. The molecule has 0 bridgehead atoms. The fourth-order valence-corrected chi connectivity index (χ4v) is 2.54. The number of hydrogen-bond acceptors (Lipinski definition) is 3. The van der Waals surface area contributed by atoms with Crippen LogP contribution < -0.4 is 5.32 Å². The molecule has 0 radical (unpaired) electrons. The quantitative estimate of drug-likeness (QED) is 0.873. The summed E-state index contributed by atoms with van der Waals surface area (Å²) in [6.07, 6.45) is 0.535. The minimum atomic E-state index is -0.918. The molecule has 0 aromatic heterocycles. The Kier molecular flexibility index (Phi) is 5.30. The molecule has 2 N–H and O–H groups in total. The van der Waals surface area contributed by atoms with Crippen LogP contribution in [0.3, 0.4) is 0 Å². The van der Waals surface area contributed by atoms with Crippen LogP contribution in [-0.4, -0.2) is 41.8 Å². The Labute approximate surface area is 125 Å². The highest BCUT2D eigenvalue weighted by atomic mass is 19.1. The van der Waals surface area contributed by atoms with E-state index in [2.05, 4.69) is 10.2 Å². The van der Waals surface area contributed by atoms with Crippen LogP contribution in [0.15, 0.2) is 12.1 Å². The maximum atomic E-state index is 14.1. The van der Waals surface area contributed by atoms with Gasteiger partial charge in [0.05, 0.1) is 5.60 Å². The minimum absolute atomic E-state index is 0.0705. The lowest BCUT2D eigenvalue weighted by atomic mass is 9.97. The van der Waals surface area contributed by atoms with Crippen LogP contribution in [0.2, 0.25) is 0 Å². The molecule has 21 heavy (non-hydrogen) atoms. The topological polar surface area (TPSA) is 35.5 Å². The van der Waals surface area contributed by atoms with Crippen molar-refractivity contribution in [3.8, 4) is 0 Å². The molecule has 3 nitrogen and oxygen atoms in total. The van der Waals surface area contributed by atoms with Crippen LogP contribution in [0.25, 0.3) is 0 Å². The first-order valence-electron chi connectivity index (χ1n) is 7.47. The van der Waals surface area contributed by atoms with E-state index in [4.69, 9.17) is 0 Å². The standard InChI is InChI=1S/C16H24F2N2O/c1-16(2,21)4-3-13-14(17)9-12(10-15(13)18)11-20-7-5-19-6-8-20/h9-10,19,21H,3-8,11H2,1-2H3. The average Bonchev–Trinajstić information content (AvgIpc) is 2.37. The lowest BCUT2D eigenvalue weighted by Crippen LogP contribution is -2.42. The van der Waals surface area contributed by atoms with Crippen molar-refractivity contribution in [1.82, 2.24) is 10.2 Å². The Balaban J connectivity index is 2.05. The van der Waals surface area contributed by atoms with Gasteiger partial charge in [0.25, 0.3) is 0 Å². The Morgan fingerprint density at radius 2 is 1.76 bits per heavy atom.